The van der Waals surface area contributed by atoms with Crippen molar-refractivity contribution in [2.45, 2.75) is 12.6 Å². The summed E-state index contributed by atoms with van der Waals surface area (Å²) in [5.41, 5.74) is 3.23. The van der Waals surface area contributed by atoms with Crippen molar-refractivity contribution in [1.29, 1.82) is 0 Å². The van der Waals surface area contributed by atoms with E-state index in [9.17, 15) is 9.59 Å². The summed E-state index contributed by atoms with van der Waals surface area (Å²) >= 11 is 0. The van der Waals surface area contributed by atoms with E-state index in [0.29, 0.717) is 37.6 Å². The summed E-state index contributed by atoms with van der Waals surface area (Å²) in [4.78, 5) is 28.9. The highest BCUT2D eigenvalue weighted by Gasteiger charge is 2.42. The number of hydrogen-bond donors (Lipinski definition) is 1. The number of amides is 3. The molecule has 1 atom stereocenters. The fourth-order valence-corrected chi connectivity index (χ4v) is 3.78. The lowest BCUT2D eigenvalue weighted by molar-refractivity contribution is -0.126. The molecule has 0 bridgehead atoms. The van der Waals surface area contributed by atoms with Crippen LogP contribution in [0.2, 0.25) is 0 Å². The molecule has 0 saturated heterocycles. The zero-order chi connectivity index (χ0) is 21.1. The van der Waals surface area contributed by atoms with E-state index in [4.69, 9.17) is 9.47 Å². The van der Waals surface area contributed by atoms with Crippen LogP contribution in [0.4, 0.5) is 4.79 Å². The van der Waals surface area contributed by atoms with Crippen LogP contribution < -0.4 is 10.1 Å². The average Bonchev–Trinajstić information content (AvgIpc) is 3.11. The highest BCUT2D eigenvalue weighted by Crippen LogP contribution is 2.36. The standard InChI is InChI=1S/C23H25N3O4/c1-25-19-14-26(11-12-29-2)22(27)20(19)21(24-23(25)28)17-9-6-10-18(13-17)30-15-16-7-4-3-5-8-16/h3-10,13,21H,11-12,14-15H2,1-2H3,(H,24,28). The number of carbonyl (C=O) groups is 2. The van der Waals surface area contributed by atoms with E-state index in [1.807, 2.05) is 54.6 Å². The minimum atomic E-state index is -0.510. The Kier molecular flexibility index (Phi) is 5.72. The molecular formula is C23H25N3O4. The zero-order valence-electron chi connectivity index (χ0n) is 17.1. The lowest BCUT2D eigenvalue weighted by Gasteiger charge is -2.31. The molecule has 2 aromatic carbocycles. The quantitative estimate of drug-likeness (QED) is 0.766. The average molecular weight is 407 g/mol. The van der Waals surface area contributed by atoms with Gasteiger partial charge in [-0.15, -0.1) is 0 Å². The molecule has 2 aromatic rings. The van der Waals surface area contributed by atoms with E-state index >= 15 is 0 Å². The van der Waals surface area contributed by atoms with Crippen molar-refractivity contribution in [3.63, 3.8) is 0 Å². The summed E-state index contributed by atoms with van der Waals surface area (Å²) in [7, 11) is 3.29. The second-order valence-corrected chi connectivity index (χ2v) is 7.37. The first-order chi connectivity index (χ1) is 14.6. The summed E-state index contributed by atoms with van der Waals surface area (Å²) in [5.74, 6) is 0.614. The summed E-state index contributed by atoms with van der Waals surface area (Å²) in [6.07, 6.45) is 0. The van der Waals surface area contributed by atoms with Crippen LogP contribution in [0, 0.1) is 0 Å². The zero-order valence-corrected chi connectivity index (χ0v) is 17.1. The highest BCUT2D eigenvalue weighted by molar-refractivity contribution is 6.01. The summed E-state index contributed by atoms with van der Waals surface area (Å²) in [6, 6.07) is 16.7. The molecule has 1 N–H and O–H groups in total. The number of nitrogens with one attached hydrogen (secondary N) is 1. The van der Waals surface area contributed by atoms with Gasteiger partial charge in [-0.05, 0) is 23.3 Å². The fraction of sp³-hybridized carbons (Fsp3) is 0.304. The molecule has 3 amide bonds. The second kappa shape index (κ2) is 8.59. The number of rotatable bonds is 7. The molecule has 0 spiro atoms. The van der Waals surface area contributed by atoms with Crippen LogP contribution in [0.1, 0.15) is 17.2 Å². The van der Waals surface area contributed by atoms with Gasteiger partial charge in [0, 0.05) is 20.7 Å². The minimum absolute atomic E-state index is 0.0745. The maximum Gasteiger partial charge on any atom is 0.322 e. The largest absolute Gasteiger partial charge is 0.489 e. The lowest BCUT2D eigenvalue weighted by atomic mass is 9.95. The number of benzene rings is 2. The Morgan fingerprint density at radius 2 is 1.90 bits per heavy atom. The van der Waals surface area contributed by atoms with E-state index < -0.39 is 6.04 Å². The molecule has 7 nitrogen and oxygen atoms in total. The molecule has 7 heteroatoms. The van der Waals surface area contributed by atoms with Gasteiger partial charge in [0.05, 0.1) is 30.5 Å². The first-order valence-corrected chi connectivity index (χ1v) is 9.90. The Morgan fingerprint density at radius 1 is 1.10 bits per heavy atom. The number of likely N-dealkylation sites (N-methyl/N-ethyl adjacent to an activating group) is 1. The molecule has 2 heterocycles. The van der Waals surface area contributed by atoms with Crippen molar-refractivity contribution >= 4 is 11.9 Å². The molecule has 30 heavy (non-hydrogen) atoms. The van der Waals surface area contributed by atoms with Crippen LogP contribution in [0.15, 0.2) is 65.9 Å². The number of carbonyl (C=O) groups excluding carboxylic acids is 2. The van der Waals surface area contributed by atoms with E-state index in [-0.39, 0.29) is 11.9 Å². The van der Waals surface area contributed by atoms with Crippen LogP contribution in [0.3, 0.4) is 0 Å². The Bertz CT molecular complexity index is 973. The SMILES string of the molecule is COCCN1CC2=C(C1=O)C(c1cccc(OCc3ccccc3)c1)NC(=O)N2C. The van der Waals surface area contributed by atoms with Crippen LogP contribution in [-0.4, -0.2) is 55.6 Å². The molecule has 0 aromatic heterocycles. The van der Waals surface area contributed by atoms with Gasteiger partial charge < -0.3 is 19.7 Å². The van der Waals surface area contributed by atoms with E-state index in [1.165, 1.54) is 4.90 Å². The molecule has 0 radical (unpaired) electrons. The van der Waals surface area contributed by atoms with Crippen molar-refractivity contribution in [2.75, 3.05) is 33.9 Å². The van der Waals surface area contributed by atoms with Crippen LogP contribution in [0.25, 0.3) is 0 Å². The van der Waals surface area contributed by atoms with Crippen molar-refractivity contribution in [1.82, 2.24) is 15.1 Å². The maximum absolute atomic E-state index is 13.1. The van der Waals surface area contributed by atoms with Crippen molar-refractivity contribution in [2.24, 2.45) is 0 Å². The maximum atomic E-state index is 13.1. The van der Waals surface area contributed by atoms with E-state index in [1.54, 1.807) is 19.1 Å². The first-order valence-electron chi connectivity index (χ1n) is 9.90. The molecule has 0 aliphatic carbocycles. The molecule has 2 aliphatic rings. The molecule has 1 unspecified atom stereocenters. The van der Waals surface area contributed by atoms with Gasteiger partial charge in [0.25, 0.3) is 5.91 Å². The number of ether oxygens (including phenoxy) is 2. The van der Waals surface area contributed by atoms with Crippen LogP contribution in [0.5, 0.6) is 5.75 Å². The number of urea groups is 1. The third-order valence-corrected chi connectivity index (χ3v) is 5.44. The van der Waals surface area contributed by atoms with Gasteiger partial charge in [0.15, 0.2) is 0 Å². The second-order valence-electron chi connectivity index (χ2n) is 7.37. The summed E-state index contributed by atoms with van der Waals surface area (Å²) in [6.45, 7) is 1.78. The highest BCUT2D eigenvalue weighted by atomic mass is 16.5. The Labute approximate surface area is 175 Å². The third kappa shape index (κ3) is 3.89. The van der Waals surface area contributed by atoms with Gasteiger partial charge >= 0.3 is 6.03 Å². The van der Waals surface area contributed by atoms with Crippen molar-refractivity contribution in [3.05, 3.63) is 77.0 Å². The monoisotopic (exact) mass is 407 g/mol. The fourth-order valence-electron chi connectivity index (χ4n) is 3.78. The number of nitrogens with zero attached hydrogens (tertiary/aromatic N) is 2. The van der Waals surface area contributed by atoms with Gasteiger partial charge in [-0.1, -0.05) is 42.5 Å². The summed E-state index contributed by atoms with van der Waals surface area (Å²) in [5, 5.41) is 2.96. The predicted octanol–water partition coefficient (Wildman–Crippen LogP) is 2.70. The van der Waals surface area contributed by atoms with E-state index in [2.05, 4.69) is 5.32 Å². The first kappa shape index (κ1) is 20.0. The molecule has 0 saturated carbocycles. The topological polar surface area (TPSA) is 71.1 Å². The molecule has 156 valence electrons. The summed E-state index contributed by atoms with van der Waals surface area (Å²) < 4.78 is 11.1. The van der Waals surface area contributed by atoms with Gasteiger partial charge in [-0.25, -0.2) is 4.79 Å². The van der Waals surface area contributed by atoms with Gasteiger partial charge in [-0.3, -0.25) is 9.69 Å². The normalized spacial score (nSPS) is 18.5. The molecule has 0 fully saturated rings. The Morgan fingerprint density at radius 3 is 2.67 bits per heavy atom. The Balaban J connectivity index is 1.58. The smallest absolute Gasteiger partial charge is 0.322 e. The van der Waals surface area contributed by atoms with Crippen molar-refractivity contribution in [3.8, 4) is 5.75 Å². The third-order valence-electron chi connectivity index (χ3n) is 5.44. The van der Waals surface area contributed by atoms with Gasteiger partial charge in [0.2, 0.25) is 0 Å². The van der Waals surface area contributed by atoms with Gasteiger partial charge in [-0.2, -0.15) is 0 Å². The molecular weight excluding hydrogens is 382 g/mol. The Hall–Kier alpha value is -3.32. The van der Waals surface area contributed by atoms with Crippen molar-refractivity contribution < 1.29 is 19.1 Å². The van der Waals surface area contributed by atoms with E-state index in [0.717, 1.165) is 16.8 Å². The van der Waals surface area contributed by atoms with Crippen LogP contribution in [-0.2, 0) is 16.1 Å². The van der Waals surface area contributed by atoms with Gasteiger partial charge in [0.1, 0.15) is 12.4 Å². The van der Waals surface area contributed by atoms with Crippen LogP contribution >= 0.6 is 0 Å². The molecule has 4 rings (SSSR count). The minimum Gasteiger partial charge on any atom is -0.489 e. The lowest BCUT2D eigenvalue weighted by Crippen LogP contribution is -2.45. The number of hydrogen-bond acceptors (Lipinski definition) is 4. The molecule has 2 aliphatic heterocycles. The number of methoxy groups -OCH3 is 1. The predicted molar refractivity (Wildman–Crippen MR) is 112 cm³/mol.